The second-order valence-electron chi connectivity index (χ2n) is 8.54. The number of nitrogens with one attached hydrogen (secondary N) is 2. The van der Waals surface area contributed by atoms with E-state index in [0.29, 0.717) is 35.7 Å². The molecule has 0 saturated heterocycles. The number of amides is 1. The van der Waals surface area contributed by atoms with Gasteiger partial charge in [0, 0.05) is 41.1 Å². The zero-order valence-electron chi connectivity index (χ0n) is 20.4. The Morgan fingerprint density at radius 1 is 0.878 bits per heavy atom. The first kappa shape index (κ1) is 29.8. The van der Waals surface area contributed by atoms with Gasteiger partial charge in [0.1, 0.15) is 5.69 Å². The normalized spacial score (nSPS) is 11.3. The molecule has 0 aliphatic rings. The first-order chi connectivity index (χ1) is 19.6. The maximum atomic E-state index is 13.4. The number of hydrazone groups is 1. The predicted octanol–water partition coefficient (Wildman–Crippen LogP) is 10.1. The number of ether oxygens (including phenoxy) is 1. The Balaban J connectivity index is 1.46. The molecule has 1 amide bonds. The number of hydrogen-bond acceptors (Lipinski definition) is 4. The van der Waals surface area contributed by atoms with Crippen LogP contribution in [0.5, 0.6) is 5.75 Å². The molecule has 0 unspecified atom stereocenters. The Bertz CT molecular complexity index is 1870. The lowest BCUT2D eigenvalue weighted by Gasteiger charge is -2.11. The number of rotatable bonds is 6. The second-order valence-corrected chi connectivity index (χ2v) is 12.4. The summed E-state index contributed by atoms with van der Waals surface area (Å²) in [5, 5.41) is 6.00. The Morgan fingerprint density at radius 2 is 1.66 bits per heavy atom. The molecule has 206 valence electrons. The van der Waals surface area contributed by atoms with Crippen molar-refractivity contribution in [1.29, 1.82) is 0 Å². The van der Waals surface area contributed by atoms with E-state index < -0.39 is 11.9 Å². The van der Waals surface area contributed by atoms with Crippen molar-refractivity contribution in [2.24, 2.45) is 5.10 Å². The fraction of sp³-hybridized carbons (Fsp3) is 0. The number of carbonyl (C=O) groups excluding carboxylic acids is 2. The van der Waals surface area contributed by atoms with Gasteiger partial charge in [-0.2, -0.15) is 5.10 Å². The first-order valence-corrected chi connectivity index (χ1v) is 15.2. The predicted molar refractivity (Wildman–Crippen MR) is 175 cm³/mol. The van der Waals surface area contributed by atoms with Crippen molar-refractivity contribution in [3.05, 3.63) is 118 Å². The number of carbonyl (C=O) groups is 2. The Morgan fingerprint density at radius 3 is 2.41 bits per heavy atom. The lowest BCUT2D eigenvalue weighted by Crippen LogP contribution is -2.19. The van der Waals surface area contributed by atoms with Crippen LogP contribution in [0.15, 0.2) is 91.3 Å². The van der Waals surface area contributed by atoms with Crippen molar-refractivity contribution >= 4 is 112 Å². The van der Waals surface area contributed by atoms with Crippen LogP contribution in [0.3, 0.4) is 0 Å². The first-order valence-electron chi connectivity index (χ1n) is 11.7. The molecule has 4 aromatic carbocycles. The molecule has 0 aliphatic carbocycles. The molecule has 5 rings (SSSR count). The van der Waals surface area contributed by atoms with Gasteiger partial charge in [-0.05, 0) is 74.3 Å². The van der Waals surface area contributed by atoms with E-state index in [9.17, 15) is 9.59 Å². The number of nitrogens with zero attached hydrogens (tertiary/aromatic N) is 1. The van der Waals surface area contributed by atoms with Crippen LogP contribution in [-0.2, 0) is 0 Å². The molecule has 41 heavy (non-hydrogen) atoms. The average molecular weight is 800 g/mol. The number of fused-ring (bicyclic) bond motifs is 1. The molecule has 0 spiro atoms. The minimum absolute atomic E-state index is 0.138. The van der Waals surface area contributed by atoms with Crippen LogP contribution in [0, 0.1) is 0 Å². The monoisotopic (exact) mass is 795 g/mol. The largest absolute Gasteiger partial charge is 0.421 e. The third-order valence-corrected chi connectivity index (χ3v) is 8.49. The summed E-state index contributed by atoms with van der Waals surface area (Å²) in [6.07, 6.45) is 1.37. The zero-order valence-corrected chi connectivity index (χ0v) is 27.5. The van der Waals surface area contributed by atoms with Gasteiger partial charge in [0.25, 0.3) is 5.91 Å². The fourth-order valence-corrected chi connectivity index (χ4v) is 6.62. The van der Waals surface area contributed by atoms with Crippen molar-refractivity contribution in [3.63, 3.8) is 0 Å². The Kier molecular flexibility index (Phi) is 9.23. The van der Waals surface area contributed by atoms with Crippen LogP contribution in [-0.4, -0.2) is 23.1 Å². The molecule has 0 aliphatic heterocycles. The minimum Gasteiger partial charge on any atom is -0.421 e. The summed E-state index contributed by atoms with van der Waals surface area (Å²) in [4.78, 5) is 29.5. The van der Waals surface area contributed by atoms with E-state index in [0.717, 1.165) is 15.4 Å². The summed E-state index contributed by atoms with van der Waals surface area (Å²) in [6, 6.07) is 20.8. The van der Waals surface area contributed by atoms with Crippen molar-refractivity contribution in [1.82, 2.24) is 10.4 Å². The van der Waals surface area contributed by atoms with E-state index in [1.165, 1.54) is 24.4 Å². The molecule has 2 N–H and O–H groups in total. The maximum absolute atomic E-state index is 13.4. The number of para-hydroxylation sites is 1. The molecule has 1 aromatic heterocycles. The van der Waals surface area contributed by atoms with Crippen molar-refractivity contribution in [2.75, 3.05) is 0 Å². The number of halogens is 6. The lowest BCUT2D eigenvalue weighted by molar-refractivity contribution is 0.0733. The highest BCUT2D eigenvalue weighted by molar-refractivity contribution is 9.11. The van der Waals surface area contributed by atoms with E-state index in [2.05, 4.69) is 63.3 Å². The van der Waals surface area contributed by atoms with Crippen LogP contribution >= 0.6 is 82.6 Å². The number of H-pyrrole nitrogens is 1. The highest BCUT2D eigenvalue weighted by Gasteiger charge is 2.22. The highest BCUT2D eigenvalue weighted by Crippen LogP contribution is 2.39. The van der Waals surface area contributed by atoms with E-state index in [1.807, 2.05) is 36.4 Å². The summed E-state index contributed by atoms with van der Waals surface area (Å²) in [7, 11) is 0. The summed E-state index contributed by atoms with van der Waals surface area (Å²) >= 11 is 29.0. The van der Waals surface area contributed by atoms with Gasteiger partial charge in [0.05, 0.1) is 26.8 Å². The van der Waals surface area contributed by atoms with Crippen LogP contribution in [0.4, 0.5) is 0 Å². The van der Waals surface area contributed by atoms with Crippen molar-refractivity contribution < 1.29 is 14.3 Å². The van der Waals surface area contributed by atoms with Crippen LogP contribution < -0.4 is 10.2 Å². The molecule has 0 atom stereocenters. The number of benzene rings is 4. The van der Waals surface area contributed by atoms with E-state index in [4.69, 9.17) is 39.5 Å². The molecule has 0 bridgehead atoms. The summed E-state index contributed by atoms with van der Waals surface area (Å²) < 4.78 is 7.60. The van der Waals surface area contributed by atoms with Crippen molar-refractivity contribution in [3.8, 4) is 16.9 Å². The van der Waals surface area contributed by atoms with E-state index in [1.54, 1.807) is 18.2 Å². The minimum atomic E-state index is -0.693. The zero-order chi connectivity index (χ0) is 29.3. The van der Waals surface area contributed by atoms with Gasteiger partial charge in [0.15, 0.2) is 5.75 Å². The fourth-order valence-electron chi connectivity index (χ4n) is 4.10. The maximum Gasteiger partial charge on any atom is 0.345 e. The summed E-state index contributed by atoms with van der Waals surface area (Å²) in [5.41, 5.74) is 5.44. The Labute approximate surface area is 274 Å². The topological polar surface area (TPSA) is 83.5 Å². The van der Waals surface area contributed by atoms with E-state index >= 15 is 0 Å². The average Bonchev–Trinajstić information content (AvgIpc) is 3.31. The molecular formula is C29H15Br3Cl3N3O3. The summed E-state index contributed by atoms with van der Waals surface area (Å²) in [5.74, 6) is -1.02. The van der Waals surface area contributed by atoms with Gasteiger partial charge in [-0.3, -0.25) is 4.79 Å². The third-order valence-electron chi connectivity index (χ3n) is 5.91. The molecule has 0 fully saturated rings. The van der Waals surface area contributed by atoms with Gasteiger partial charge in [-0.15, -0.1) is 0 Å². The second kappa shape index (κ2) is 12.7. The molecule has 1 heterocycles. The smallest absolute Gasteiger partial charge is 0.345 e. The van der Waals surface area contributed by atoms with Crippen LogP contribution in [0.25, 0.3) is 22.0 Å². The van der Waals surface area contributed by atoms with Gasteiger partial charge >= 0.3 is 5.97 Å². The van der Waals surface area contributed by atoms with Gasteiger partial charge < -0.3 is 9.72 Å². The van der Waals surface area contributed by atoms with Crippen molar-refractivity contribution in [2.45, 2.75) is 0 Å². The molecule has 0 radical (unpaired) electrons. The van der Waals surface area contributed by atoms with Gasteiger partial charge in [0.2, 0.25) is 0 Å². The standard InChI is InChI=1S/C29H15Br3Cl3N3O3/c30-15-10-14(27(21(32)11-15)41-29(40)18-9-8-16(33)12-23(18)35)13-36-38-28(39)26-24(17-4-1-2-7-22(17)34)19-5-3-6-20(31)25(19)37-26/h1-13,37H,(H,38,39). The van der Waals surface area contributed by atoms with Gasteiger partial charge in [-0.25, -0.2) is 10.2 Å². The highest BCUT2D eigenvalue weighted by atomic mass is 79.9. The molecule has 0 saturated carbocycles. The van der Waals surface area contributed by atoms with E-state index in [-0.39, 0.29) is 22.0 Å². The lowest BCUT2D eigenvalue weighted by atomic mass is 10.0. The van der Waals surface area contributed by atoms with Gasteiger partial charge in [-0.1, -0.05) is 81.1 Å². The third kappa shape index (κ3) is 6.40. The molecular weight excluding hydrogens is 784 g/mol. The Hall–Kier alpha value is -2.66. The number of hydrogen-bond donors (Lipinski definition) is 2. The van der Waals surface area contributed by atoms with Crippen LogP contribution in [0.2, 0.25) is 15.1 Å². The molecule has 12 heteroatoms. The SMILES string of the molecule is O=C(Oc1c(Br)cc(Br)cc1C=NNC(=O)c1[nH]c2c(Br)cccc2c1-c1ccccc1Cl)c1ccc(Cl)cc1Cl. The van der Waals surface area contributed by atoms with Crippen LogP contribution in [0.1, 0.15) is 26.4 Å². The summed E-state index contributed by atoms with van der Waals surface area (Å²) in [6.45, 7) is 0. The number of esters is 1. The quantitative estimate of drug-likeness (QED) is 0.0777. The molecule has 5 aromatic rings. The number of aromatic amines is 1. The number of aromatic nitrogens is 1. The molecule has 6 nitrogen and oxygen atoms in total.